The first-order valence-corrected chi connectivity index (χ1v) is 9.10. The summed E-state index contributed by atoms with van der Waals surface area (Å²) in [6.07, 6.45) is 3.41. The summed E-state index contributed by atoms with van der Waals surface area (Å²) in [4.78, 5) is 21.7. The summed E-state index contributed by atoms with van der Waals surface area (Å²) in [5.74, 6) is 0.101. The van der Waals surface area contributed by atoms with Gasteiger partial charge in [-0.3, -0.25) is 9.69 Å². The van der Waals surface area contributed by atoms with E-state index in [0.29, 0.717) is 17.8 Å². The molecule has 0 spiro atoms. The van der Waals surface area contributed by atoms with Gasteiger partial charge in [0, 0.05) is 30.6 Å². The Morgan fingerprint density at radius 1 is 1.32 bits per heavy atom. The SMILES string of the molecule is CC1CCCC(C)N1C(=O)c1csc(CN2CCOCC2)n1. The molecule has 1 aromatic heterocycles. The number of ether oxygens (including phenoxy) is 1. The molecule has 0 N–H and O–H groups in total. The van der Waals surface area contributed by atoms with Gasteiger partial charge in [0.2, 0.25) is 0 Å². The van der Waals surface area contributed by atoms with Gasteiger partial charge in [-0.05, 0) is 33.1 Å². The van der Waals surface area contributed by atoms with Gasteiger partial charge in [0.1, 0.15) is 10.7 Å². The van der Waals surface area contributed by atoms with Gasteiger partial charge in [-0.25, -0.2) is 4.98 Å². The van der Waals surface area contributed by atoms with Gasteiger partial charge in [-0.15, -0.1) is 11.3 Å². The van der Waals surface area contributed by atoms with Gasteiger partial charge >= 0.3 is 0 Å². The van der Waals surface area contributed by atoms with Gasteiger partial charge in [-0.1, -0.05) is 0 Å². The molecule has 0 bridgehead atoms. The maximum Gasteiger partial charge on any atom is 0.273 e. The molecule has 122 valence electrons. The third-order valence-electron chi connectivity index (χ3n) is 4.66. The van der Waals surface area contributed by atoms with Crippen molar-refractivity contribution in [2.75, 3.05) is 26.3 Å². The molecule has 1 amide bonds. The Kier molecular flexibility index (Phi) is 5.10. The minimum atomic E-state index is 0.101. The third-order valence-corrected chi connectivity index (χ3v) is 5.50. The van der Waals surface area contributed by atoms with E-state index in [9.17, 15) is 4.79 Å². The van der Waals surface area contributed by atoms with Crippen LogP contribution in [0.4, 0.5) is 0 Å². The Morgan fingerprint density at radius 3 is 2.68 bits per heavy atom. The fraction of sp³-hybridized carbons (Fsp3) is 0.750. The summed E-state index contributed by atoms with van der Waals surface area (Å²) in [6, 6.07) is 0.640. The molecule has 0 radical (unpaired) electrons. The van der Waals surface area contributed by atoms with Crippen LogP contribution in [0.3, 0.4) is 0 Å². The van der Waals surface area contributed by atoms with Crippen LogP contribution in [0.1, 0.15) is 48.6 Å². The first kappa shape index (κ1) is 15.9. The van der Waals surface area contributed by atoms with Crippen LogP contribution in [0.2, 0.25) is 0 Å². The number of hydrogen-bond acceptors (Lipinski definition) is 5. The topological polar surface area (TPSA) is 45.7 Å². The number of morpholine rings is 1. The highest BCUT2D eigenvalue weighted by molar-refractivity contribution is 7.09. The molecule has 0 saturated carbocycles. The summed E-state index contributed by atoms with van der Waals surface area (Å²) in [6.45, 7) is 8.60. The van der Waals surface area contributed by atoms with Crippen LogP contribution in [0.25, 0.3) is 0 Å². The van der Waals surface area contributed by atoms with E-state index in [2.05, 4.69) is 23.7 Å². The maximum absolute atomic E-state index is 12.8. The molecule has 22 heavy (non-hydrogen) atoms. The number of piperidine rings is 1. The zero-order valence-corrected chi connectivity index (χ0v) is 14.3. The first-order chi connectivity index (χ1) is 10.6. The second-order valence-corrected chi connectivity index (χ2v) is 7.30. The highest BCUT2D eigenvalue weighted by Gasteiger charge is 2.30. The lowest BCUT2D eigenvalue weighted by molar-refractivity contribution is 0.0340. The van der Waals surface area contributed by atoms with Crippen LogP contribution >= 0.6 is 11.3 Å². The fourth-order valence-electron chi connectivity index (χ4n) is 3.39. The van der Waals surface area contributed by atoms with Crippen molar-refractivity contribution in [1.29, 1.82) is 0 Å². The van der Waals surface area contributed by atoms with E-state index in [4.69, 9.17) is 4.74 Å². The molecular weight excluding hydrogens is 298 g/mol. The van der Waals surface area contributed by atoms with E-state index in [1.165, 1.54) is 6.42 Å². The van der Waals surface area contributed by atoms with Crippen molar-refractivity contribution in [3.05, 3.63) is 16.1 Å². The van der Waals surface area contributed by atoms with Crippen LogP contribution in [-0.2, 0) is 11.3 Å². The second kappa shape index (κ2) is 7.06. The molecule has 2 atom stereocenters. The molecule has 2 aliphatic rings. The smallest absolute Gasteiger partial charge is 0.273 e. The highest BCUT2D eigenvalue weighted by atomic mass is 32.1. The molecule has 2 fully saturated rings. The van der Waals surface area contributed by atoms with Crippen molar-refractivity contribution in [2.24, 2.45) is 0 Å². The van der Waals surface area contributed by atoms with Crippen molar-refractivity contribution in [1.82, 2.24) is 14.8 Å². The summed E-state index contributed by atoms with van der Waals surface area (Å²) in [5.41, 5.74) is 0.619. The Morgan fingerprint density at radius 2 is 2.00 bits per heavy atom. The number of hydrogen-bond donors (Lipinski definition) is 0. The molecule has 2 aliphatic heterocycles. The number of nitrogens with zero attached hydrogens (tertiary/aromatic N) is 3. The fourth-order valence-corrected chi connectivity index (χ4v) is 4.20. The average Bonchev–Trinajstić information content (AvgIpc) is 2.96. The van der Waals surface area contributed by atoms with Crippen molar-refractivity contribution in [3.63, 3.8) is 0 Å². The molecule has 2 unspecified atom stereocenters. The number of carbonyl (C=O) groups excluding carboxylic acids is 1. The summed E-state index contributed by atoms with van der Waals surface area (Å²) < 4.78 is 5.36. The largest absolute Gasteiger partial charge is 0.379 e. The van der Waals surface area contributed by atoms with Gasteiger partial charge in [0.15, 0.2) is 0 Å². The van der Waals surface area contributed by atoms with E-state index in [1.54, 1.807) is 11.3 Å². The number of amides is 1. The van der Waals surface area contributed by atoms with Crippen LogP contribution in [0.15, 0.2) is 5.38 Å². The average molecular weight is 323 g/mol. The quantitative estimate of drug-likeness (QED) is 0.857. The van der Waals surface area contributed by atoms with Crippen LogP contribution in [0, 0.1) is 0 Å². The molecular formula is C16H25N3O2S. The van der Waals surface area contributed by atoms with E-state index in [1.807, 2.05) is 10.3 Å². The minimum Gasteiger partial charge on any atom is -0.379 e. The third kappa shape index (κ3) is 3.50. The van der Waals surface area contributed by atoms with Gasteiger partial charge in [0.05, 0.1) is 19.8 Å². The van der Waals surface area contributed by atoms with E-state index in [-0.39, 0.29) is 5.91 Å². The second-order valence-electron chi connectivity index (χ2n) is 6.36. The normalized spacial score (nSPS) is 27.1. The molecule has 0 aliphatic carbocycles. The lowest BCUT2D eigenvalue weighted by Crippen LogP contribution is -2.47. The monoisotopic (exact) mass is 323 g/mol. The number of carbonyl (C=O) groups is 1. The number of thiazole rings is 1. The predicted octanol–water partition coefficient (Wildman–Crippen LogP) is 2.38. The van der Waals surface area contributed by atoms with Crippen LogP contribution in [0.5, 0.6) is 0 Å². The number of likely N-dealkylation sites (tertiary alicyclic amines) is 1. The zero-order valence-electron chi connectivity index (χ0n) is 13.5. The Balaban J connectivity index is 1.65. The zero-order chi connectivity index (χ0) is 15.5. The van der Waals surface area contributed by atoms with Crippen molar-refractivity contribution in [3.8, 4) is 0 Å². The molecule has 6 heteroatoms. The van der Waals surface area contributed by atoms with Gasteiger partial charge in [-0.2, -0.15) is 0 Å². The molecule has 5 nitrogen and oxygen atoms in total. The van der Waals surface area contributed by atoms with Crippen LogP contribution < -0.4 is 0 Å². The Bertz CT molecular complexity index is 503. The molecule has 1 aromatic rings. The van der Waals surface area contributed by atoms with E-state index in [0.717, 1.165) is 50.7 Å². The lowest BCUT2D eigenvalue weighted by atomic mass is 9.97. The van der Waals surface area contributed by atoms with Crippen molar-refractivity contribution in [2.45, 2.75) is 51.7 Å². The summed E-state index contributed by atoms with van der Waals surface area (Å²) in [7, 11) is 0. The first-order valence-electron chi connectivity index (χ1n) is 8.22. The number of aromatic nitrogens is 1. The van der Waals surface area contributed by atoms with Crippen molar-refractivity contribution < 1.29 is 9.53 Å². The Labute approximate surface area is 136 Å². The van der Waals surface area contributed by atoms with E-state index < -0.39 is 0 Å². The summed E-state index contributed by atoms with van der Waals surface area (Å²) >= 11 is 1.60. The van der Waals surface area contributed by atoms with Gasteiger partial charge < -0.3 is 9.64 Å². The number of rotatable bonds is 3. The summed E-state index contributed by atoms with van der Waals surface area (Å²) in [5, 5.41) is 2.95. The van der Waals surface area contributed by atoms with Crippen LogP contribution in [-0.4, -0.2) is 59.1 Å². The molecule has 0 aromatic carbocycles. The highest BCUT2D eigenvalue weighted by Crippen LogP contribution is 2.25. The lowest BCUT2D eigenvalue weighted by Gasteiger charge is -2.38. The van der Waals surface area contributed by atoms with E-state index >= 15 is 0 Å². The standard InChI is InChI=1S/C16H25N3O2S/c1-12-4-3-5-13(2)19(12)16(20)14-11-22-15(17-14)10-18-6-8-21-9-7-18/h11-13H,3-10H2,1-2H3. The predicted molar refractivity (Wildman–Crippen MR) is 87.2 cm³/mol. The minimum absolute atomic E-state index is 0.101. The maximum atomic E-state index is 12.8. The molecule has 2 saturated heterocycles. The van der Waals surface area contributed by atoms with Crippen molar-refractivity contribution >= 4 is 17.2 Å². The molecule has 3 heterocycles. The molecule has 3 rings (SSSR count). The van der Waals surface area contributed by atoms with Gasteiger partial charge in [0.25, 0.3) is 5.91 Å². The Hall–Kier alpha value is -0.980.